The van der Waals surface area contributed by atoms with Gasteiger partial charge in [0.15, 0.2) is 0 Å². The second-order valence-electron chi connectivity index (χ2n) is 3.92. The number of aryl methyl sites for hydroxylation is 1. The molecule has 100 valence electrons. The number of benzene rings is 1. The minimum absolute atomic E-state index is 0.239. The molecular weight excluding hydrogens is 310 g/mol. The number of rotatable bonds is 4. The Morgan fingerprint density at radius 1 is 1.53 bits per heavy atom. The minimum atomic E-state index is -0.239. The van der Waals surface area contributed by atoms with Crippen LogP contribution >= 0.6 is 15.9 Å². The molecule has 0 aliphatic rings. The lowest BCUT2D eigenvalue weighted by Gasteiger charge is -2.09. The van der Waals surface area contributed by atoms with Gasteiger partial charge in [-0.1, -0.05) is 22.9 Å². The van der Waals surface area contributed by atoms with Gasteiger partial charge >= 0.3 is 0 Å². The summed E-state index contributed by atoms with van der Waals surface area (Å²) in [5.74, 6) is 0.907. The topological polar surface area (TPSA) is 67.0 Å². The first-order chi connectivity index (χ1) is 9.15. The maximum Gasteiger partial charge on any atom is 0.260 e. The lowest BCUT2D eigenvalue weighted by molar-refractivity contribution is 0.102. The Balaban J connectivity index is 2.27. The van der Waals surface area contributed by atoms with Gasteiger partial charge in [-0.15, -0.1) is 0 Å². The first-order valence-corrected chi connectivity index (χ1v) is 6.62. The van der Waals surface area contributed by atoms with Crippen molar-refractivity contribution in [1.29, 1.82) is 0 Å². The lowest BCUT2D eigenvalue weighted by atomic mass is 10.2. The molecule has 0 atom stereocenters. The Bertz CT molecular complexity index is 595. The lowest BCUT2D eigenvalue weighted by Crippen LogP contribution is -2.14. The molecule has 1 heterocycles. The monoisotopic (exact) mass is 323 g/mol. The molecule has 2 N–H and O–H groups in total. The van der Waals surface area contributed by atoms with Crippen LogP contribution in [-0.2, 0) is 6.42 Å². The van der Waals surface area contributed by atoms with Crippen LogP contribution in [0.15, 0.2) is 28.9 Å². The van der Waals surface area contributed by atoms with Gasteiger partial charge in [-0.2, -0.15) is 5.10 Å². The van der Waals surface area contributed by atoms with Gasteiger partial charge in [0.25, 0.3) is 5.91 Å². The second kappa shape index (κ2) is 5.88. The highest BCUT2D eigenvalue weighted by Gasteiger charge is 2.15. The number of hydrogen-bond donors (Lipinski definition) is 2. The van der Waals surface area contributed by atoms with Crippen molar-refractivity contribution in [3.8, 4) is 5.75 Å². The summed E-state index contributed by atoms with van der Waals surface area (Å²) in [6, 6.07) is 5.28. The van der Waals surface area contributed by atoms with E-state index in [1.165, 1.54) is 7.11 Å². The van der Waals surface area contributed by atoms with Crippen LogP contribution in [0.25, 0.3) is 0 Å². The first-order valence-electron chi connectivity index (χ1n) is 5.82. The molecule has 0 saturated carbocycles. The summed E-state index contributed by atoms with van der Waals surface area (Å²) in [5, 5.41) is 9.50. The molecule has 0 unspecified atom stereocenters. The number of aromatic amines is 1. The highest BCUT2D eigenvalue weighted by atomic mass is 79.9. The Hall–Kier alpha value is -1.82. The fraction of sp³-hybridized carbons (Fsp3) is 0.231. The number of anilines is 1. The summed E-state index contributed by atoms with van der Waals surface area (Å²) in [6.45, 7) is 2.00. The number of hydrogen-bond acceptors (Lipinski definition) is 3. The molecule has 1 amide bonds. The third-order valence-electron chi connectivity index (χ3n) is 2.74. The molecule has 0 spiro atoms. The van der Waals surface area contributed by atoms with Gasteiger partial charge in [0, 0.05) is 10.0 Å². The van der Waals surface area contributed by atoms with Crippen molar-refractivity contribution in [2.45, 2.75) is 13.3 Å². The smallest absolute Gasteiger partial charge is 0.260 e. The van der Waals surface area contributed by atoms with Gasteiger partial charge in [0.2, 0.25) is 0 Å². The molecular formula is C13H14BrN3O2. The number of methoxy groups -OCH3 is 1. The molecule has 2 aromatic rings. The summed E-state index contributed by atoms with van der Waals surface area (Å²) in [5.41, 5.74) is 1.43. The van der Waals surface area contributed by atoms with Crippen LogP contribution < -0.4 is 10.1 Å². The van der Waals surface area contributed by atoms with Crippen LogP contribution in [0.5, 0.6) is 5.75 Å². The molecule has 1 aromatic carbocycles. The van der Waals surface area contributed by atoms with Crippen LogP contribution in [0.2, 0.25) is 0 Å². The summed E-state index contributed by atoms with van der Waals surface area (Å²) >= 11 is 3.34. The van der Waals surface area contributed by atoms with E-state index < -0.39 is 0 Å². The predicted molar refractivity (Wildman–Crippen MR) is 76.6 cm³/mol. The largest absolute Gasteiger partial charge is 0.496 e. The van der Waals surface area contributed by atoms with Gasteiger partial charge in [0.05, 0.1) is 18.9 Å². The van der Waals surface area contributed by atoms with Crippen LogP contribution in [-0.4, -0.2) is 23.2 Å². The molecule has 19 heavy (non-hydrogen) atoms. The average molecular weight is 324 g/mol. The quantitative estimate of drug-likeness (QED) is 0.908. The number of nitrogens with one attached hydrogen (secondary N) is 2. The Morgan fingerprint density at radius 3 is 3.00 bits per heavy atom. The van der Waals surface area contributed by atoms with E-state index in [4.69, 9.17) is 4.74 Å². The molecule has 0 aliphatic carbocycles. The molecule has 6 heteroatoms. The molecule has 1 aromatic heterocycles. The van der Waals surface area contributed by atoms with Crippen molar-refractivity contribution < 1.29 is 9.53 Å². The SMILES string of the molecule is CCc1cn[nH]c1NC(=O)c1cc(Br)ccc1OC. The van der Waals surface area contributed by atoms with Crippen molar-refractivity contribution in [3.63, 3.8) is 0 Å². The number of carbonyl (C=O) groups excluding carboxylic acids is 1. The standard InChI is InChI=1S/C13H14BrN3O2/c1-3-8-7-15-17-12(8)16-13(18)10-6-9(14)4-5-11(10)19-2/h4-7H,3H2,1-2H3,(H2,15,16,17,18). The number of ether oxygens (including phenoxy) is 1. The minimum Gasteiger partial charge on any atom is -0.496 e. The van der Waals surface area contributed by atoms with Crippen LogP contribution in [0, 0.1) is 0 Å². The average Bonchev–Trinajstić information content (AvgIpc) is 2.85. The first kappa shape index (κ1) is 13.6. The molecule has 5 nitrogen and oxygen atoms in total. The molecule has 2 rings (SSSR count). The van der Waals surface area contributed by atoms with E-state index >= 15 is 0 Å². The Kier molecular flexibility index (Phi) is 4.21. The summed E-state index contributed by atoms with van der Waals surface area (Å²) in [6.07, 6.45) is 2.50. The molecule has 0 bridgehead atoms. The predicted octanol–water partition coefficient (Wildman–Crippen LogP) is 3.00. The zero-order valence-electron chi connectivity index (χ0n) is 10.7. The van der Waals surface area contributed by atoms with Crippen molar-refractivity contribution in [3.05, 3.63) is 40.0 Å². The Morgan fingerprint density at radius 2 is 2.32 bits per heavy atom. The number of carbonyl (C=O) groups is 1. The van der Waals surface area contributed by atoms with Crippen molar-refractivity contribution in [1.82, 2.24) is 10.2 Å². The van der Waals surface area contributed by atoms with Crippen LogP contribution in [0.1, 0.15) is 22.8 Å². The molecule has 0 radical (unpaired) electrons. The zero-order chi connectivity index (χ0) is 13.8. The normalized spacial score (nSPS) is 10.3. The van der Waals surface area contributed by atoms with Gasteiger partial charge < -0.3 is 10.1 Å². The molecule has 0 saturated heterocycles. The van der Waals surface area contributed by atoms with Gasteiger partial charge in [-0.25, -0.2) is 0 Å². The van der Waals surface area contributed by atoms with E-state index in [2.05, 4.69) is 31.4 Å². The molecule has 0 aliphatic heterocycles. The summed E-state index contributed by atoms with van der Waals surface area (Å²) < 4.78 is 6.01. The highest BCUT2D eigenvalue weighted by molar-refractivity contribution is 9.10. The maximum absolute atomic E-state index is 12.3. The van der Waals surface area contributed by atoms with Crippen LogP contribution in [0.4, 0.5) is 5.82 Å². The van der Waals surface area contributed by atoms with E-state index in [1.807, 2.05) is 13.0 Å². The van der Waals surface area contributed by atoms with Gasteiger partial charge in [0.1, 0.15) is 11.6 Å². The van der Waals surface area contributed by atoms with E-state index in [0.29, 0.717) is 17.1 Å². The maximum atomic E-state index is 12.3. The number of amides is 1. The van der Waals surface area contributed by atoms with Crippen molar-refractivity contribution >= 4 is 27.7 Å². The number of nitrogens with zero attached hydrogens (tertiary/aromatic N) is 1. The second-order valence-corrected chi connectivity index (χ2v) is 4.84. The summed E-state index contributed by atoms with van der Waals surface area (Å²) in [4.78, 5) is 12.3. The zero-order valence-corrected chi connectivity index (χ0v) is 12.2. The fourth-order valence-corrected chi connectivity index (χ4v) is 2.09. The number of aromatic nitrogens is 2. The number of halogens is 1. The van der Waals surface area contributed by atoms with Crippen molar-refractivity contribution in [2.75, 3.05) is 12.4 Å². The fourth-order valence-electron chi connectivity index (χ4n) is 1.73. The van der Waals surface area contributed by atoms with E-state index in [1.54, 1.807) is 18.3 Å². The van der Waals surface area contributed by atoms with E-state index in [0.717, 1.165) is 16.5 Å². The third-order valence-corrected chi connectivity index (χ3v) is 3.24. The van der Waals surface area contributed by atoms with Gasteiger partial charge in [-0.05, 0) is 24.6 Å². The van der Waals surface area contributed by atoms with Gasteiger partial charge in [-0.3, -0.25) is 9.89 Å². The number of H-pyrrole nitrogens is 1. The molecule has 0 fully saturated rings. The van der Waals surface area contributed by atoms with E-state index in [9.17, 15) is 4.79 Å². The summed E-state index contributed by atoms with van der Waals surface area (Å²) in [7, 11) is 1.54. The van der Waals surface area contributed by atoms with Crippen molar-refractivity contribution in [2.24, 2.45) is 0 Å². The third kappa shape index (κ3) is 2.96. The highest BCUT2D eigenvalue weighted by Crippen LogP contribution is 2.24. The van der Waals surface area contributed by atoms with E-state index in [-0.39, 0.29) is 5.91 Å². The van der Waals surface area contributed by atoms with Crippen LogP contribution in [0.3, 0.4) is 0 Å². The Labute approximate surface area is 119 Å².